The quantitative estimate of drug-likeness (QED) is 0.374. The third kappa shape index (κ3) is 3.06. The second kappa shape index (κ2) is 5.64. The Hall–Kier alpha value is -1.37. The van der Waals surface area contributed by atoms with Gasteiger partial charge in [0.25, 0.3) is 0 Å². The molecule has 0 saturated carbocycles. The second-order valence-electron chi connectivity index (χ2n) is 3.50. The molecule has 1 rings (SSSR count). The van der Waals surface area contributed by atoms with Gasteiger partial charge in [0.05, 0.1) is 4.47 Å². The van der Waals surface area contributed by atoms with Crippen LogP contribution in [0.5, 0.6) is 0 Å². The van der Waals surface area contributed by atoms with Crippen LogP contribution in [0.4, 0.5) is 5.82 Å². The molecule has 0 amide bonds. The molecule has 88 valence electrons. The molecular weight excluding hydrogens is 274 g/mol. The van der Waals surface area contributed by atoms with Gasteiger partial charge in [-0.05, 0) is 15.9 Å². The minimum Gasteiger partial charge on any atom is -0.409 e. The third-order valence-corrected chi connectivity index (χ3v) is 2.74. The molecule has 16 heavy (non-hydrogen) atoms. The Balaban J connectivity index is 2.73. The van der Waals surface area contributed by atoms with Gasteiger partial charge in [0.1, 0.15) is 18.0 Å². The monoisotopic (exact) mass is 287 g/mol. The SMILES string of the molecule is CC(CN(C)c1ncncc1Br)C(N)=NO. The Bertz CT molecular complexity index is 384. The van der Waals surface area contributed by atoms with Crippen LogP contribution in [-0.2, 0) is 0 Å². The van der Waals surface area contributed by atoms with E-state index < -0.39 is 0 Å². The van der Waals surface area contributed by atoms with Crippen LogP contribution in [0, 0.1) is 5.92 Å². The van der Waals surface area contributed by atoms with E-state index in [0.29, 0.717) is 6.54 Å². The zero-order chi connectivity index (χ0) is 12.1. The highest BCUT2D eigenvalue weighted by molar-refractivity contribution is 9.10. The smallest absolute Gasteiger partial charge is 0.146 e. The molecule has 0 fully saturated rings. The number of oxime groups is 1. The lowest BCUT2D eigenvalue weighted by molar-refractivity contribution is 0.314. The van der Waals surface area contributed by atoms with Crippen LogP contribution >= 0.6 is 15.9 Å². The first-order valence-corrected chi connectivity index (χ1v) is 5.49. The van der Waals surface area contributed by atoms with Crippen molar-refractivity contribution in [2.75, 3.05) is 18.5 Å². The molecule has 1 unspecified atom stereocenters. The van der Waals surface area contributed by atoms with Crippen LogP contribution in [-0.4, -0.2) is 34.6 Å². The first-order chi connectivity index (χ1) is 7.56. The number of anilines is 1. The highest BCUT2D eigenvalue weighted by Crippen LogP contribution is 2.21. The van der Waals surface area contributed by atoms with E-state index in [2.05, 4.69) is 31.1 Å². The lowest BCUT2D eigenvalue weighted by Gasteiger charge is -2.22. The number of hydrogen-bond acceptors (Lipinski definition) is 5. The van der Waals surface area contributed by atoms with Gasteiger partial charge in [0.2, 0.25) is 0 Å². The van der Waals surface area contributed by atoms with E-state index in [-0.39, 0.29) is 11.8 Å². The van der Waals surface area contributed by atoms with E-state index in [0.717, 1.165) is 10.3 Å². The van der Waals surface area contributed by atoms with Gasteiger partial charge >= 0.3 is 0 Å². The van der Waals surface area contributed by atoms with Gasteiger partial charge in [0, 0.05) is 25.7 Å². The van der Waals surface area contributed by atoms with Crippen LogP contribution in [0.25, 0.3) is 0 Å². The Morgan fingerprint density at radius 1 is 1.75 bits per heavy atom. The second-order valence-corrected chi connectivity index (χ2v) is 4.36. The molecular formula is C9H14BrN5O. The molecule has 7 heteroatoms. The third-order valence-electron chi connectivity index (χ3n) is 2.18. The van der Waals surface area contributed by atoms with Gasteiger partial charge in [-0.2, -0.15) is 0 Å². The number of aromatic nitrogens is 2. The van der Waals surface area contributed by atoms with Crippen molar-refractivity contribution in [3.05, 3.63) is 17.0 Å². The summed E-state index contributed by atoms with van der Waals surface area (Å²) in [7, 11) is 1.88. The molecule has 0 radical (unpaired) electrons. The first-order valence-electron chi connectivity index (χ1n) is 4.70. The standard InChI is InChI=1S/C9H14BrN5O/c1-6(8(11)14-16)4-15(2)9-7(10)3-12-5-13-9/h3,5-6,16H,4H2,1-2H3,(H2,11,14). The van der Waals surface area contributed by atoms with Crippen LogP contribution in [0.15, 0.2) is 22.2 Å². The average molecular weight is 288 g/mol. The molecule has 3 N–H and O–H groups in total. The summed E-state index contributed by atoms with van der Waals surface area (Å²) in [6, 6.07) is 0. The molecule has 1 heterocycles. The summed E-state index contributed by atoms with van der Waals surface area (Å²) in [5, 5.41) is 11.5. The fourth-order valence-electron chi connectivity index (χ4n) is 1.28. The van der Waals surface area contributed by atoms with E-state index in [1.165, 1.54) is 6.33 Å². The van der Waals surface area contributed by atoms with Crippen molar-refractivity contribution in [1.29, 1.82) is 0 Å². The predicted octanol–water partition coefficient (Wildman–Crippen LogP) is 1.06. The fraction of sp³-hybridized carbons (Fsp3) is 0.444. The molecule has 1 aromatic rings. The molecule has 0 spiro atoms. The van der Waals surface area contributed by atoms with Crippen LogP contribution in [0.2, 0.25) is 0 Å². The van der Waals surface area contributed by atoms with Gasteiger partial charge < -0.3 is 15.8 Å². The summed E-state index contributed by atoms with van der Waals surface area (Å²) in [6.45, 7) is 2.48. The zero-order valence-electron chi connectivity index (χ0n) is 9.13. The molecule has 0 bridgehead atoms. The minimum absolute atomic E-state index is 0.0585. The molecule has 1 aromatic heterocycles. The van der Waals surface area contributed by atoms with Crippen LogP contribution in [0.3, 0.4) is 0 Å². The summed E-state index contributed by atoms with van der Waals surface area (Å²) in [5.41, 5.74) is 5.51. The number of rotatable bonds is 4. The average Bonchev–Trinajstić information content (AvgIpc) is 2.28. The van der Waals surface area contributed by atoms with Gasteiger partial charge in [-0.15, -0.1) is 0 Å². The number of hydrogen-bond donors (Lipinski definition) is 2. The van der Waals surface area contributed by atoms with E-state index >= 15 is 0 Å². The summed E-state index contributed by atoms with van der Waals surface area (Å²) in [6.07, 6.45) is 3.15. The number of nitrogens with two attached hydrogens (primary N) is 1. The first kappa shape index (κ1) is 12.7. The Kier molecular flexibility index (Phi) is 4.48. The van der Waals surface area contributed by atoms with Crippen LogP contribution in [0.1, 0.15) is 6.92 Å². The fourth-order valence-corrected chi connectivity index (χ4v) is 1.80. The Labute approximate surface area is 102 Å². The van der Waals surface area contributed by atoms with Crippen molar-refractivity contribution >= 4 is 27.6 Å². The molecule has 6 nitrogen and oxygen atoms in total. The highest BCUT2D eigenvalue weighted by Gasteiger charge is 2.13. The summed E-state index contributed by atoms with van der Waals surface area (Å²) in [5.74, 6) is 0.918. The van der Waals surface area contributed by atoms with E-state index in [1.807, 2.05) is 18.9 Å². The van der Waals surface area contributed by atoms with Crippen molar-refractivity contribution in [3.8, 4) is 0 Å². The lowest BCUT2D eigenvalue weighted by atomic mass is 10.1. The maximum atomic E-state index is 8.55. The molecule has 1 atom stereocenters. The topological polar surface area (TPSA) is 87.6 Å². The van der Waals surface area contributed by atoms with Gasteiger partial charge in [-0.1, -0.05) is 12.1 Å². The van der Waals surface area contributed by atoms with Crippen LogP contribution < -0.4 is 10.6 Å². The van der Waals surface area contributed by atoms with Gasteiger partial charge in [-0.25, -0.2) is 9.97 Å². The normalized spacial score (nSPS) is 13.6. The highest BCUT2D eigenvalue weighted by atomic mass is 79.9. The van der Waals surface area contributed by atoms with Crippen molar-refractivity contribution in [2.45, 2.75) is 6.92 Å². The van der Waals surface area contributed by atoms with Crippen molar-refractivity contribution in [3.63, 3.8) is 0 Å². The van der Waals surface area contributed by atoms with E-state index in [1.54, 1.807) is 6.20 Å². The molecule has 0 saturated heterocycles. The Morgan fingerprint density at radius 3 is 3.00 bits per heavy atom. The molecule has 0 aliphatic heterocycles. The van der Waals surface area contributed by atoms with E-state index in [4.69, 9.17) is 10.9 Å². The Morgan fingerprint density at radius 2 is 2.44 bits per heavy atom. The van der Waals surface area contributed by atoms with Crippen molar-refractivity contribution in [2.24, 2.45) is 16.8 Å². The van der Waals surface area contributed by atoms with Gasteiger partial charge in [-0.3, -0.25) is 0 Å². The van der Waals surface area contributed by atoms with Gasteiger partial charge in [0.15, 0.2) is 0 Å². The van der Waals surface area contributed by atoms with Crippen molar-refractivity contribution in [1.82, 2.24) is 9.97 Å². The summed E-state index contributed by atoms with van der Waals surface area (Å²) < 4.78 is 0.809. The maximum absolute atomic E-state index is 8.55. The largest absolute Gasteiger partial charge is 0.409 e. The summed E-state index contributed by atoms with van der Waals surface area (Å²) in [4.78, 5) is 9.94. The molecule has 0 aromatic carbocycles. The lowest BCUT2D eigenvalue weighted by Crippen LogP contribution is -2.33. The minimum atomic E-state index is -0.0585. The maximum Gasteiger partial charge on any atom is 0.146 e. The molecule has 0 aliphatic rings. The number of amidine groups is 1. The summed E-state index contributed by atoms with van der Waals surface area (Å²) >= 11 is 3.36. The number of halogens is 1. The number of nitrogens with zero attached hydrogens (tertiary/aromatic N) is 4. The van der Waals surface area contributed by atoms with Crippen molar-refractivity contribution < 1.29 is 5.21 Å². The van der Waals surface area contributed by atoms with E-state index in [9.17, 15) is 0 Å². The predicted molar refractivity (Wildman–Crippen MR) is 65.6 cm³/mol. The zero-order valence-corrected chi connectivity index (χ0v) is 10.7. The molecule has 0 aliphatic carbocycles.